The summed E-state index contributed by atoms with van der Waals surface area (Å²) in [6, 6.07) is 7.18. The third kappa shape index (κ3) is 2.59. The summed E-state index contributed by atoms with van der Waals surface area (Å²) in [5.74, 6) is 3.95. The van der Waals surface area contributed by atoms with E-state index in [-0.39, 0.29) is 6.79 Å². The maximum Gasteiger partial charge on any atom is 0.231 e. The number of benzene rings is 1. The molecule has 2 aromatic rings. The van der Waals surface area contributed by atoms with Gasteiger partial charge in [0.05, 0.1) is 0 Å². The van der Waals surface area contributed by atoms with E-state index in [4.69, 9.17) is 14.2 Å². The fourth-order valence-electron chi connectivity index (χ4n) is 1.93. The van der Waals surface area contributed by atoms with Crippen molar-refractivity contribution < 1.29 is 14.2 Å². The van der Waals surface area contributed by atoms with Crippen LogP contribution in [0.3, 0.4) is 0 Å². The molecule has 20 heavy (non-hydrogen) atoms. The van der Waals surface area contributed by atoms with Gasteiger partial charge in [0.1, 0.15) is 17.4 Å². The number of anilines is 1. The third-order valence-corrected chi connectivity index (χ3v) is 2.74. The van der Waals surface area contributed by atoms with E-state index in [1.165, 1.54) is 0 Å². The third-order valence-electron chi connectivity index (χ3n) is 2.74. The summed E-state index contributed by atoms with van der Waals surface area (Å²) < 4.78 is 16.3. The largest absolute Gasteiger partial charge is 0.454 e. The molecule has 0 aliphatic carbocycles. The van der Waals surface area contributed by atoms with E-state index in [0.29, 0.717) is 23.2 Å². The number of hydrogen-bond acceptors (Lipinski definition) is 6. The Morgan fingerprint density at radius 1 is 1.20 bits per heavy atom. The second-order valence-corrected chi connectivity index (χ2v) is 4.29. The van der Waals surface area contributed by atoms with Crippen LogP contribution in [0.2, 0.25) is 0 Å². The zero-order valence-electron chi connectivity index (χ0n) is 11.3. The number of nitrogens with one attached hydrogen (secondary N) is 1. The van der Waals surface area contributed by atoms with E-state index in [1.54, 1.807) is 12.1 Å². The van der Waals surface area contributed by atoms with Gasteiger partial charge >= 0.3 is 0 Å². The Kier molecular flexibility index (Phi) is 3.28. The second-order valence-electron chi connectivity index (χ2n) is 4.29. The molecule has 6 heteroatoms. The summed E-state index contributed by atoms with van der Waals surface area (Å²) in [5.41, 5.74) is 0. The van der Waals surface area contributed by atoms with Crippen molar-refractivity contribution in [1.29, 1.82) is 0 Å². The first-order chi connectivity index (χ1) is 9.74. The van der Waals surface area contributed by atoms with Crippen LogP contribution in [0.5, 0.6) is 23.1 Å². The van der Waals surface area contributed by atoms with Gasteiger partial charge in [-0.25, -0.2) is 4.98 Å². The fourth-order valence-corrected chi connectivity index (χ4v) is 1.93. The van der Waals surface area contributed by atoms with Crippen LogP contribution < -0.4 is 19.5 Å². The lowest BCUT2D eigenvalue weighted by Crippen LogP contribution is -2.02. The van der Waals surface area contributed by atoms with Crippen LogP contribution in [0.4, 0.5) is 5.82 Å². The minimum absolute atomic E-state index is 0.246. The van der Waals surface area contributed by atoms with E-state index in [2.05, 4.69) is 15.3 Å². The quantitative estimate of drug-likeness (QED) is 0.924. The number of fused-ring (bicyclic) bond motifs is 1. The summed E-state index contributed by atoms with van der Waals surface area (Å²) in [4.78, 5) is 8.54. The monoisotopic (exact) mass is 273 g/mol. The molecule has 0 fully saturated rings. The Balaban J connectivity index is 1.83. The van der Waals surface area contributed by atoms with E-state index >= 15 is 0 Å². The van der Waals surface area contributed by atoms with E-state index in [9.17, 15) is 0 Å². The first-order valence-corrected chi connectivity index (χ1v) is 6.41. The molecule has 0 unspecified atom stereocenters. The van der Waals surface area contributed by atoms with Gasteiger partial charge in [-0.05, 0) is 26.0 Å². The van der Waals surface area contributed by atoms with Gasteiger partial charge in [-0.2, -0.15) is 4.98 Å². The lowest BCUT2D eigenvalue weighted by Gasteiger charge is -2.08. The molecular weight excluding hydrogens is 258 g/mol. The van der Waals surface area contributed by atoms with Gasteiger partial charge < -0.3 is 19.5 Å². The molecule has 1 N–H and O–H groups in total. The molecular formula is C14H15N3O3. The van der Waals surface area contributed by atoms with Gasteiger partial charge in [0.25, 0.3) is 0 Å². The highest BCUT2D eigenvalue weighted by Crippen LogP contribution is 2.36. The molecule has 6 nitrogen and oxygen atoms in total. The summed E-state index contributed by atoms with van der Waals surface area (Å²) >= 11 is 0. The molecule has 104 valence electrons. The van der Waals surface area contributed by atoms with Gasteiger partial charge in [-0.3, -0.25) is 0 Å². The Morgan fingerprint density at radius 2 is 2.05 bits per heavy atom. The lowest BCUT2D eigenvalue weighted by atomic mass is 10.3. The number of rotatable bonds is 4. The summed E-state index contributed by atoms with van der Waals surface area (Å²) in [6.07, 6.45) is 0. The molecule has 0 radical (unpaired) electrons. The molecule has 0 bridgehead atoms. The molecule has 0 saturated carbocycles. The van der Waals surface area contributed by atoms with Crippen LogP contribution >= 0.6 is 0 Å². The Labute approximate surface area is 116 Å². The van der Waals surface area contributed by atoms with E-state index < -0.39 is 0 Å². The smallest absolute Gasteiger partial charge is 0.231 e. The first-order valence-electron chi connectivity index (χ1n) is 6.41. The molecule has 0 atom stereocenters. The molecule has 0 spiro atoms. The van der Waals surface area contributed by atoms with Crippen LogP contribution in [-0.2, 0) is 0 Å². The average molecular weight is 273 g/mol. The number of aryl methyl sites for hydroxylation is 1. The van der Waals surface area contributed by atoms with Crippen molar-refractivity contribution in [3.05, 3.63) is 30.1 Å². The maximum atomic E-state index is 5.74. The van der Waals surface area contributed by atoms with Gasteiger partial charge in [0.2, 0.25) is 12.7 Å². The predicted molar refractivity (Wildman–Crippen MR) is 73.6 cm³/mol. The van der Waals surface area contributed by atoms with Gasteiger partial charge in [-0.1, -0.05) is 0 Å². The maximum absolute atomic E-state index is 5.74. The molecule has 1 aliphatic rings. The predicted octanol–water partition coefficient (Wildman–Crippen LogP) is 2.74. The SMILES string of the molecule is CCNc1cc(Oc2ccc3c(c2)OCO3)nc(C)n1. The van der Waals surface area contributed by atoms with Crippen molar-refractivity contribution >= 4 is 5.82 Å². The van der Waals surface area contributed by atoms with Crippen molar-refractivity contribution in [1.82, 2.24) is 9.97 Å². The molecule has 0 saturated heterocycles. The number of hydrogen-bond donors (Lipinski definition) is 1. The zero-order chi connectivity index (χ0) is 13.9. The van der Waals surface area contributed by atoms with Crippen LogP contribution in [0.1, 0.15) is 12.7 Å². The van der Waals surface area contributed by atoms with E-state index in [0.717, 1.165) is 18.1 Å². The Bertz CT molecular complexity index is 631. The normalized spacial score (nSPS) is 12.3. The summed E-state index contributed by atoms with van der Waals surface area (Å²) in [7, 11) is 0. The molecule has 2 heterocycles. The topological polar surface area (TPSA) is 65.5 Å². The average Bonchev–Trinajstić information content (AvgIpc) is 2.85. The fraction of sp³-hybridized carbons (Fsp3) is 0.286. The number of aromatic nitrogens is 2. The van der Waals surface area contributed by atoms with Crippen LogP contribution in [0, 0.1) is 6.92 Å². The van der Waals surface area contributed by atoms with E-state index in [1.807, 2.05) is 26.0 Å². The molecule has 0 amide bonds. The summed E-state index contributed by atoms with van der Waals surface area (Å²) in [5, 5.41) is 3.14. The number of ether oxygens (including phenoxy) is 3. The van der Waals surface area contributed by atoms with Gasteiger partial charge in [-0.15, -0.1) is 0 Å². The molecule has 1 aliphatic heterocycles. The van der Waals surface area contributed by atoms with Crippen molar-refractivity contribution in [3.8, 4) is 23.1 Å². The standard InChI is InChI=1S/C14H15N3O3/c1-3-15-13-7-14(17-9(2)16-13)20-10-4-5-11-12(6-10)19-8-18-11/h4-7H,3,8H2,1-2H3,(H,15,16,17). The second kappa shape index (κ2) is 5.24. The Morgan fingerprint density at radius 3 is 2.90 bits per heavy atom. The first kappa shape index (κ1) is 12.5. The zero-order valence-corrected chi connectivity index (χ0v) is 11.3. The van der Waals surface area contributed by atoms with Crippen LogP contribution in [0.15, 0.2) is 24.3 Å². The highest BCUT2D eigenvalue weighted by molar-refractivity contribution is 5.48. The molecule has 3 rings (SSSR count). The van der Waals surface area contributed by atoms with Crippen molar-refractivity contribution in [2.24, 2.45) is 0 Å². The lowest BCUT2D eigenvalue weighted by molar-refractivity contribution is 0.174. The van der Waals surface area contributed by atoms with Crippen molar-refractivity contribution in [2.75, 3.05) is 18.7 Å². The van der Waals surface area contributed by atoms with Gasteiger partial charge in [0.15, 0.2) is 11.5 Å². The summed E-state index contributed by atoms with van der Waals surface area (Å²) in [6.45, 7) is 4.87. The minimum Gasteiger partial charge on any atom is -0.454 e. The van der Waals surface area contributed by atoms with Gasteiger partial charge in [0, 0.05) is 18.7 Å². The highest BCUT2D eigenvalue weighted by Gasteiger charge is 2.14. The van der Waals surface area contributed by atoms with Crippen molar-refractivity contribution in [3.63, 3.8) is 0 Å². The molecule has 1 aromatic carbocycles. The Hall–Kier alpha value is -2.50. The minimum atomic E-state index is 0.246. The van der Waals surface area contributed by atoms with Crippen molar-refractivity contribution in [2.45, 2.75) is 13.8 Å². The molecule has 1 aromatic heterocycles. The highest BCUT2D eigenvalue weighted by atomic mass is 16.7. The van der Waals surface area contributed by atoms with Crippen LogP contribution in [0.25, 0.3) is 0 Å². The van der Waals surface area contributed by atoms with Crippen LogP contribution in [-0.4, -0.2) is 23.3 Å². The number of nitrogens with zero attached hydrogens (tertiary/aromatic N) is 2.